The summed E-state index contributed by atoms with van der Waals surface area (Å²) in [4.78, 5) is 13.1. The molecule has 4 heteroatoms. The molecule has 0 atom stereocenters. The van der Waals surface area contributed by atoms with E-state index < -0.39 is 7.92 Å². The largest absolute Gasteiger partial charge is 0.281 e. The molecule has 0 aliphatic carbocycles. The van der Waals surface area contributed by atoms with Crippen LogP contribution in [0.1, 0.15) is 10.4 Å². The molecule has 0 aliphatic rings. The number of hydrogen-bond donors (Lipinski definition) is 0. The Morgan fingerprint density at radius 3 is 1.86 bits per heavy atom. The van der Waals surface area contributed by atoms with E-state index in [9.17, 15) is 4.79 Å². The standard InChI is InChI=1S/C24H17OPS2/c25-23(22-17-9-11-18-10-7-8-16-21(18)22)28-24(27)26(19-12-3-1-4-13-19)20-14-5-2-6-15-20/h1-17H. The molecule has 0 saturated heterocycles. The predicted molar refractivity (Wildman–Crippen MR) is 128 cm³/mol. The van der Waals surface area contributed by atoms with Crippen molar-refractivity contribution in [3.63, 3.8) is 0 Å². The van der Waals surface area contributed by atoms with E-state index >= 15 is 0 Å². The van der Waals surface area contributed by atoms with E-state index in [1.807, 2.05) is 78.9 Å². The van der Waals surface area contributed by atoms with Crippen molar-refractivity contribution in [2.24, 2.45) is 0 Å². The zero-order valence-corrected chi connectivity index (χ0v) is 17.5. The van der Waals surface area contributed by atoms with Gasteiger partial charge in [0.1, 0.15) is 0 Å². The van der Waals surface area contributed by atoms with Crippen LogP contribution in [0.2, 0.25) is 0 Å². The van der Waals surface area contributed by atoms with Crippen LogP contribution in [-0.2, 0) is 0 Å². The fourth-order valence-electron chi connectivity index (χ4n) is 3.10. The maximum absolute atomic E-state index is 13.1. The first-order chi connectivity index (χ1) is 13.7. The Hall–Kier alpha value is -2.32. The highest BCUT2D eigenvalue weighted by molar-refractivity contribution is 8.44. The third-order valence-corrected chi connectivity index (χ3v) is 8.59. The lowest BCUT2D eigenvalue weighted by molar-refractivity contribution is 0.109. The van der Waals surface area contributed by atoms with Gasteiger partial charge >= 0.3 is 0 Å². The van der Waals surface area contributed by atoms with E-state index in [4.69, 9.17) is 12.2 Å². The zero-order chi connectivity index (χ0) is 19.3. The second kappa shape index (κ2) is 8.79. The maximum Gasteiger partial charge on any atom is 0.225 e. The van der Waals surface area contributed by atoms with Crippen molar-refractivity contribution < 1.29 is 4.79 Å². The molecular weight excluding hydrogens is 399 g/mol. The number of thioether (sulfide) groups is 1. The van der Waals surface area contributed by atoms with Crippen LogP contribution in [0.15, 0.2) is 103 Å². The third-order valence-electron chi connectivity index (χ3n) is 4.40. The minimum atomic E-state index is -0.905. The van der Waals surface area contributed by atoms with Gasteiger partial charge in [0.25, 0.3) is 0 Å². The fraction of sp³-hybridized carbons (Fsp3) is 0. The Balaban J connectivity index is 1.67. The van der Waals surface area contributed by atoms with Crippen molar-refractivity contribution in [2.45, 2.75) is 0 Å². The van der Waals surface area contributed by atoms with E-state index in [1.54, 1.807) is 0 Å². The van der Waals surface area contributed by atoms with E-state index in [2.05, 4.69) is 24.3 Å². The second-order valence-electron chi connectivity index (χ2n) is 6.19. The van der Waals surface area contributed by atoms with Gasteiger partial charge in [-0.3, -0.25) is 4.79 Å². The molecular formula is C24H17OPS2. The number of benzene rings is 4. The van der Waals surface area contributed by atoms with Gasteiger partial charge < -0.3 is 0 Å². The van der Waals surface area contributed by atoms with Crippen molar-refractivity contribution in [2.75, 3.05) is 0 Å². The summed E-state index contributed by atoms with van der Waals surface area (Å²) in [5.74, 6) is 0. The topological polar surface area (TPSA) is 17.1 Å². The van der Waals surface area contributed by atoms with Crippen molar-refractivity contribution in [1.29, 1.82) is 0 Å². The van der Waals surface area contributed by atoms with Crippen LogP contribution < -0.4 is 10.6 Å². The highest BCUT2D eigenvalue weighted by Crippen LogP contribution is 2.42. The molecule has 0 bridgehead atoms. The first kappa shape index (κ1) is 19.0. The molecule has 4 aromatic rings. The van der Waals surface area contributed by atoms with Crippen molar-refractivity contribution in [1.82, 2.24) is 0 Å². The summed E-state index contributed by atoms with van der Waals surface area (Å²) in [5, 5.41) is 4.35. The fourth-order valence-corrected chi connectivity index (χ4v) is 7.31. The summed E-state index contributed by atoms with van der Waals surface area (Å²) < 4.78 is 0.727. The van der Waals surface area contributed by atoms with Gasteiger partial charge in [-0.2, -0.15) is 0 Å². The van der Waals surface area contributed by atoms with E-state index in [1.165, 1.54) is 11.8 Å². The summed E-state index contributed by atoms with van der Waals surface area (Å²) >= 11 is 7.00. The second-order valence-corrected chi connectivity index (χ2v) is 10.6. The Kier molecular flexibility index (Phi) is 5.97. The molecule has 0 heterocycles. The van der Waals surface area contributed by atoms with Gasteiger partial charge in [-0.1, -0.05) is 109 Å². The molecule has 4 aromatic carbocycles. The van der Waals surface area contributed by atoms with Crippen LogP contribution in [0.5, 0.6) is 0 Å². The zero-order valence-electron chi connectivity index (χ0n) is 15.0. The van der Waals surface area contributed by atoms with E-state index in [-0.39, 0.29) is 5.12 Å². The Morgan fingerprint density at radius 2 is 1.21 bits per heavy atom. The minimum absolute atomic E-state index is 0.00108. The SMILES string of the molecule is O=C(SC(=S)P(c1ccccc1)c1ccccc1)c1cccc2ccccc12. The Morgan fingerprint density at radius 1 is 0.679 bits per heavy atom. The van der Waals surface area contributed by atoms with Crippen molar-refractivity contribution >= 4 is 62.3 Å². The average molecular weight is 417 g/mol. The van der Waals surface area contributed by atoms with Crippen LogP contribution in [0.3, 0.4) is 0 Å². The molecule has 0 fully saturated rings. The lowest BCUT2D eigenvalue weighted by atomic mass is 10.1. The van der Waals surface area contributed by atoms with Gasteiger partial charge in [0.2, 0.25) is 5.12 Å². The van der Waals surface area contributed by atoms with E-state index in [0.29, 0.717) is 5.56 Å². The molecule has 0 aromatic heterocycles. The first-order valence-corrected chi connectivity index (χ1v) is 11.4. The van der Waals surface area contributed by atoms with Gasteiger partial charge in [-0.15, -0.1) is 0 Å². The Labute approximate surface area is 175 Å². The number of thiocarbonyl (C=S) groups is 1. The van der Waals surface area contributed by atoms with Gasteiger partial charge in [-0.05, 0) is 39.2 Å². The highest BCUT2D eigenvalue weighted by atomic mass is 32.2. The summed E-state index contributed by atoms with van der Waals surface area (Å²) in [6.45, 7) is 0. The highest BCUT2D eigenvalue weighted by Gasteiger charge is 2.23. The predicted octanol–water partition coefficient (Wildman–Crippen LogP) is 6.13. The van der Waals surface area contributed by atoms with Gasteiger partial charge in [0.05, 0.1) is 3.94 Å². The van der Waals surface area contributed by atoms with Crippen molar-refractivity contribution in [3.8, 4) is 0 Å². The molecule has 0 N–H and O–H groups in total. The normalized spacial score (nSPS) is 10.9. The molecule has 0 saturated carbocycles. The first-order valence-electron chi connectivity index (χ1n) is 8.88. The molecule has 28 heavy (non-hydrogen) atoms. The number of hydrogen-bond acceptors (Lipinski definition) is 3. The van der Waals surface area contributed by atoms with Crippen LogP contribution in [-0.4, -0.2) is 9.05 Å². The van der Waals surface area contributed by atoms with Gasteiger partial charge in [0, 0.05) is 13.5 Å². The lowest BCUT2D eigenvalue weighted by Gasteiger charge is -2.19. The maximum atomic E-state index is 13.1. The molecule has 4 rings (SSSR count). The average Bonchev–Trinajstić information content (AvgIpc) is 2.75. The minimum Gasteiger partial charge on any atom is -0.281 e. The monoisotopic (exact) mass is 416 g/mol. The number of carbonyl (C=O) groups is 1. The van der Waals surface area contributed by atoms with Crippen LogP contribution in [0, 0.1) is 0 Å². The third kappa shape index (κ3) is 4.07. The number of rotatable bonds is 4. The summed E-state index contributed by atoms with van der Waals surface area (Å²) in [6.07, 6.45) is 0. The molecule has 0 spiro atoms. The quantitative estimate of drug-likeness (QED) is 0.294. The summed E-state index contributed by atoms with van der Waals surface area (Å²) in [6, 6.07) is 34.2. The molecule has 136 valence electrons. The molecule has 0 unspecified atom stereocenters. The summed E-state index contributed by atoms with van der Waals surface area (Å²) in [7, 11) is -0.905. The number of fused-ring (bicyclic) bond motifs is 1. The van der Waals surface area contributed by atoms with Crippen LogP contribution >= 0.6 is 31.9 Å². The molecule has 1 nitrogen and oxygen atoms in total. The van der Waals surface area contributed by atoms with Crippen LogP contribution in [0.4, 0.5) is 0 Å². The summed E-state index contributed by atoms with van der Waals surface area (Å²) in [5.41, 5.74) is 0.710. The van der Waals surface area contributed by atoms with Crippen LogP contribution in [0.25, 0.3) is 10.8 Å². The Bertz CT molecular complexity index is 1080. The lowest BCUT2D eigenvalue weighted by Crippen LogP contribution is -2.16. The van der Waals surface area contributed by atoms with E-state index in [0.717, 1.165) is 25.3 Å². The number of carbonyl (C=O) groups excluding carboxylic acids is 1. The molecule has 0 amide bonds. The molecule has 0 aliphatic heterocycles. The van der Waals surface area contributed by atoms with Gasteiger partial charge in [0.15, 0.2) is 0 Å². The molecule has 0 radical (unpaired) electrons. The van der Waals surface area contributed by atoms with Gasteiger partial charge in [-0.25, -0.2) is 0 Å². The smallest absolute Gasteiger partial charge is 0.225 e. The van der Waals surface area contributed by atoms with Crippen molar-refractivity contribution in [3.05, 3.63) is 109 Å².